The first-order valence-corrected chi connectivity index (χ1v) is 4.09. The van der Waals surface area contributed by atoms with Gasteiger partial charge in [-0.3, -0.25) is 9.89 Å². The summed E-state index contributed by atoms with van der Waals surface area (Å²) in [6.07, 6.45) is 0. The van der Waals surface area contributed by atoms with E-state index in [0.29, 0.717) is 17.0 Å². The Morgan fingerprint density at radius 3 is 2.77 bits per heavy atom. The number of aromatic nitrogens is 4. The third kappa shape index (κ3) is 1.12. The SMILES string of the molecule is Cc1nc(Cl)n2[nH]c(=O)c(C)c2n1. The lowest BCUT2D eigenvalue weighted by Crippen LogP contribution is -2.03. The van der Waals surface area contributed by atoms with Crippen LogP contribution in [0.5, 0.6) is 0 Å². The van der Waals surface area contributed by atoms with E-state index in [0.717, 1.165) is 0 Å². The molecule has 2 heterocycles. The highest BCUT2D eigenvalue weighted by atomic mass is 35.5. The molecule has 6 heteroatoms. The third-order valence-corrected chi connectivity index (χ3v) is 2.06. The molecule has 0 aliphatic heterocycles. The predicted molar refractivity (Wildman–Crippen MR) is 48.1 cm³/mol. The average molecular weight is 199 g/mol. The van der Waals surface area contributed by atoms with Gasteiger partial charge in [-0.25, -0.2) is 14.5 Å². The van der Waals surface area contributed by atoms with Crippen LogP contribution in [0.1, 0.15) is 11.4 Å². The van der Waals surface area contributed by atoms with E-state index in [4.69, 9.17) is 11.6 Å². The lowest BCUT2D eigenvalue weighted by atomic mass is 10.4. The first-order chi connectivity index (χ1) is 6.09. The summed E-state index contributed by atoms with van der Waals surface area (Å²) >= 11 is 5.79. The van der Waals surface area contributed by atoms with E-state index in [1.54, 1.807) is 13.8 Å². The second-order valence-corrected chi connectivity index (χ2v) is 3.10. The van der Waals surface area contributed by atoms with Gasteiger partial charge in [0.25, 0.3) is 5.56 Å². The van der Waals surface area contributed by atoms with Gasteiger partial charge in [0.05, 0.1) is 5.56 Å². The van der Waals surface area contributed by atoms with Gasteiger partial charge in [-0.05, 0) is 25.4 Å². The Bertz CT molecular complexity index is 527. The molecular formula is C7H7ClN4O. The zero-order valence-corrected chi connectivity index (χ0v) is 7.88. The maximum Gasteiger partial charge on any atom is 0.269 e. The van der Waals surface area contributed by atoms with Crippen LogP contribution in [0.2, 0.25) is 5.28 Å². The van der Waals surface area contributed by atoms with Gasteiger partial charge in [-0.2, -0.15) is 0 Å². The number of rotatable bonds is 0. The molecule has 2 aromatic heterocycles. The number of nitrogens with one attached hydrogen (secondary N) is 1. The number of fused-ring (bicyclic) bond motifs is 1. The van der Waals surface area contributed by atoms with Crippen LogP contribution in [-0.4, -0.2) is 19.6 Å². The van der Waals surface area contributed by atoms with Gasteiger partial charge in [-0.15, -0.1) is 0 Å². The van der Waals surface area contributed by atoms with Crippen LogP contribution in [0.4, 0.5) is 0 Å². The van der Waals surface area contributed by atoms with Crippen LogP contribution in [0.3, 0.4) is 0 Å². The Balaban J connectivity index is 3.03. The number of aryl methyl sites for hydroxylation is 2. The van der Waals surface area contributed by atoms with Crippen molar-refractivity contribution in [2.24, 2.45) is 0 Å². The molecule has 0 saturated heterocycles. The van der Waals surface area contributed by atoms with Crippen molar-refractivity contribution in [1.82, 2.24) is 19.6 Å². The number of hydrogen-bond donors (Lipinski definition) is 1. The Morgan fingerprint density at radius 2 is 2.08 bits per heavy atom. The first-order valence-electron chi connectivity index (χ1n) is 3.71. The Kier molecular flexibility index (Phi) is 1.63. The summed E-state index contributed by atoms with van der Waals surface area (Å²) < 4.78 is 1.37. The summed E-state index contributed by atoms with van der Waals surface area (Å²) in [6, 6.07) is 0. The molecule has 68 valence electrons. The van der Waals surface area contributed by atoms with Crippen molar-refractivity contribution in [2.45, 2.75) is 13.8 Å². The van der Waals surface area contributed by atoms with Gasteiger partial charge in [-0.1, -0.05) is 0 Å². The largest absolute Gasteiger partial charge is 0.269 e. The minimum atomic E-state index is -0.193. The minimum Gasteiger partial charge on any atom is -0.268 e. The summed E-state index contributed by atoms with van der Waals surface area (Å²) in [7, 11) is 0. The van der Waals surface area contributed by atoms with Crippen molar-refractivity contribution < 1.29 is 0 Å². The van der Waals surface area contributed by atoms with Crippen molar-refractivity contribution in [1.29, 1.82) is 0 Å². The molecule has 0 aliphatic carbocycles. The van der Waals surface area contributed by atoms with Crippen LogP contribution < -0.4 is 5.56 Å². The molecule has 0 spiro atoms. The van der Waals surface area contributed by atoms with Crippen LogP contribution in [0, 0.1) is 13.8 Å². The van der Waals surface area contributed by atoms with Gasteiger partial charge < -0.3 is 0 Å². The number of nitrogens with zero attached hydrogens (tertiary/aromatic N) is 3. The quantitative estimate of drug-likeness (QED) is 0.678. The van der Waals surface area contributed by atoms with E-state index in [2.05, 4.69) is 15.1 Å². The van der Waals surface area contributed by atoms with Gasteiger partial charge in [0.2, 0.25) is 5.28 Å². The number of halogens is 1. The second kappa shape index (κ2) is 2.56. The molecule has 0 amide bonds. The fourth-order valence-corrected chi connectivity index (χ4v) is 1.38. The van der Waals surface area contributed by atoms with Gasteiger partial charge in [0, 0.05) is 0 Å². The van der Waals surface area contributed by atoms with Gasteiger partial charge in [0.1, 0.15) is 5.82 Å². The molecule has 0 atom stereocenters. The maximum atomic E-state index is 11.2. The van der Waals surface area contributed by atoms with E-state index in [1.807, 2.05) is 0 Å². The molecule has 0 bridgehead atoms. The fourth-order valence-electron chi connectivity index (χ4n) is 1.14. The highest BCUT2D eigenvalue weighted by Gasteiger charge is 2.09. The highest BCUT2D eigenvalue weighted by Crippen LogP contribution is 2.08. The van der Waals surface area contributed by atoms with E-state index in [1.165, 1.54) is 4.52 Å². The lowest BCUT2D eigenvalue weighted by molar-refractivity contribution is 0.859. The second-order valence-electron chi connectivity index (χ2n) is 2.76. The molecule has 2 rings (SSSR count). The van der Waals surface area contributed by atoms with Crippen LogP contribution in [0.25, 0.3) is 5.65 Å². The molecule has 2 aromatic rings. The minimum absolute atomic E-state index is 0.193. The third-order valence-electron chi connectivity index (χ3n) is 1.81. The van der Waals surface area contributed by atoms with Crippen LogP contribution >= 0.6 is 11.6 Å². The molecule has 0 saturated carbocycles. The number of aromatic amines is 1. The van der Waals surface area contributed by atoms with Crippen molar-refractivity contribution in [3.05, 3.63) is 27.0 Å². The first kappa shape index (κ1) is 8.25. The highest BCUT2D eigenvalue weighted by molar-refractivity contribution is 6.28. The molecule has 0 radical (unpaired) electrons. The standard InChI is InChI=1S/C7H7ClN4O/c1-3-5-9-4(2)10-7(8)12(5)11-6(3)13/h1-2H3,(H,11,13). The van der Waals surface area contributed by atoms with E-state index >= 15 is 0 Å². The predicted octanol–water partition coefficient (Wildman–Crippen LogP) is 0.688. The Hall–Kier alpha value is -1.36. The molecule has 0 aliphatic rings. The summed E-state index contributed by atoms with van der Waals surface area (Å²) in [4.78, 5) is 19.2. The molecule has 1 N–H and O–H groups in total. The summed E-state index contributed by atoms with van der Waals surface area (Å²) in [5, 5.41) is 2.74. The van der Waals surface area contributed by atoms with Crippen molar-refractivity contribution in [2.75, 3.05) is 0 Å². The molecule has 0 unspecified atom stereocenters. The van der Waals surface area contributed by atoms with Gasteiger partial charge >= 0.3 is 0 Å². The molecular weight excluding hydrogens is 192 g/mol. The number of hydrogen-bond acceptors (Lipinski definition) is 3. The van der Waals surface area contributed by atoms with Crippen LogP contribution in [-0.2, 0) is 0 Å². The van der Waals surface area contributed by atoms with Gasteiger partial charge in [0.15, 0.2) is 5.65 Å². The zero-order valence-electron chi connectivity index (χ0n) is 7.13. The summed E-state index contributed by atoms with van der Waals surface area (Å²) in [6.45, 7) is 3.42. The Labute approximate surface area is 78.4 Å². The summed E-state index contributed by atoms with van der Waals surface area (Å²) in [5.74, 6) is 0.548. The van der Waals surface area contributed by atoms with E-state index < -0.39 is 0 Å². The van der Waals surface area contributed by atoms with Crippen molar-refractivity contribution in [3.63, 3.8) is 0 Å². The smallest absolute Gasteiger partial charge is 0.268 e. The maximum absolute atomic E-state index is 11.2. The summed E-state index contributed by atoms with van der Waals surface area (Å²) in [5.41, 5.74) is 0.886. The lowest BCUT2D eigenvalue weighted by Gasteiger charge is -1.97. The zero-order chi connectivity index (χ0) is 9.59. The fraction of sp³-hybridized carbons (Fsp3) is 0.286. The normalized spacial score (nSPS) is 11.0. The molecule has 0 fully saturated rings. The molecule has 13 heavy (non-hydrogen) atoms. The van der Waals surface area contributed by atoms with Crippen molar-refractivity contribution >= 4 is 17.2 Å². The molecule has 0 aromatic carbocycles. The topological polar surface area (TPSA) is 63.1 Å². The van der Waals surface area contributed by atoms with Crippen LogP contribution in [0.15, 0.2) is 4.79 Å². The van der Waals surface area contributed by atoms with E-state index in [-0.39, 0.29) is 10.8 Å². The van der Waals surface area contributed by atoms with E-state index in [9.17, 15) is 4.79 Å². The Morgan fingerprint density at radius 1 is 1.38 bits per heavy atom. The van der Waals surface area contributed by atoms with Crippen molar-refractivity contribution in [3.8, 4) is 0 Å². The monoisotopic (exact) mass is 198 g/mol. The molecule has 5 nitrogen and oxygen atoms in total. The number of H-pyrrole nitrogens is 1. The average Bonchev–Trinajstić information content (AvgIpc) is 2.32.